The summed E-state index contributed by atoms with van der Waals surface area (Å²) in [6, 6.07) is 0. The normalized spacial score (nSPS) is 15.2. The first-order chi connectivity index (χ1) is 10.2. The zero-order chi connectivity index (χ0) is 15.3. The van der Waals surface area contributed by atoms with Crippen molar-refractivity contribution in [3.8, 4) is 0 Å². The third kappa shape index (κ3) is 9.21. The zero-order valence-corrected chi connectivity index (χ0v) is 13.2. The van der Waals surface area contributed by atoms with Crippen molar-refractivity contribution in [3.63, 3.8) is 0 Å². The Balaban J connectivity index is 2.03. The van der Waals surface area contributed by atoms with E-state index >= 15 is 0 Å². The van der Waals surface area contributed by atoms with Gasteiger partial charge in [-0.1, -0.05) is 25.7 Å². The first-order valence-electron chi connectivity index (χ1n) is 8.13. The van der Waals surface area contributed by atoms with Crippen molar-refractivity contribution in [2.45, 2.75) is 77.0 Å². The van der Waals surface area contributed by atoms with E-state index in [0.717, 1.165) is 44.2 Å². The van der Waals surface area contributed by atoms with Gasteiger partial charge in [-0.3, -0.25) is 9.59 Å². The number of carbonyl (C=O) groups excluding carboxylic acids is 2. The van der Waals surface area contributed by atoms with Gasteiger partial charge < -0.3 is 4.74 Å². The molecule has 120 valence electrons. The van der Waals surface area contributed by atoms with E-state index in [1.54, 1.807) is 0 Å². The molecule has 1 amide bonds. The summed E-state index contributed by atoms with van der Waals surface area (Å²) >= 11 is 0. The van der Waals surface area contributed by atoms with Gasteiger partial charge in [0, 0.05) is 18.6 Å². The van der Waals surface area contributed by atoms with E-state index in [2.05, 4.69) is 15.3 Å². The summed E-state index contributed by atoms with van der Waals surface area (Å²) in [6.07, 6.45) is 11.5. The van der Waals surface area contributed by atoms with Gasteiger partial charge >= 0.3 is 5.97 Å². The van der Waals surface area contributed by atoms with Gasteiger partial charge in [0.15, 0.2) is 0 Å². The topological polar surface area (TPSA) is 67.8 Å². The molecule has 0 heterocycles. The minimum atomic E-state index is -0.160. The van der Waals surface area contributed by atoms with E-state index in [1.807, 2.05) is 0 Å². The van der Waals surface area contributed by atoms with Crippen molar-refractivity contribution >= 4 is 17.6 Å². The Morgan fingerprint density at radius 2 is 1.62 bits per heavy atom. The highest BCUT2D eigenvalue weighted by molar-refractivity contribution is 5.86. The molecule has 1 N–H and O–H groups in total. The van der Waals surface area contributed by atoms with Gasteiger partial charge in [-0.2, -0.15) is 5.10 Å². The molecule has 5 nitrogen and oxygen atoms in total. The van der Waals surface area contributed by atoms with Crippen LogP contribution in [0, 0.1) is 0 Å². The maximum atomic E-state index is 11.7. The van der Waals surface area contributed by atoms with E-state index in [4.69, 9.17) is 0 Å². The number of hydrogen-bond acceptors (Lipinski definition) is 4. The molecule has 0 bridgehead atoms. The Morgan fingerprint density at radius 1 is 1.00 bits per heavy atom. The van der Waals surface area contributed by atoms with Crippen LogP contribution in [0.4, 0.5) is 0 Å². The van der Waals surface area contributed by atoms with Crippen LogP contribution in [0.1, 0.15) is 77.0 Å². The lowest BCUT2D eigenvalue weighted by atomic mass is 10.1. The van der Waals surface area contributed by atoms with E-state index in [0.29, 0.717) is 12.8 Å². The van der Waals surface area contributed by atoms with Crippen LogP contribution in [0.5, 0.6) is 0 Å². The summed E-state index contributed by atoms with van der Waals surface area (Å²) in [6.45, 7) is 0. The Labute approximate surface area is 127 Å². The largest absolute Gasteiger partial charge is 0.469 e. The number of ether oxygens (including phenoxy) is 1. The van der Waals surface area contributed by atoms with E-state index < -0.39 is 0 Å². The smallest absolute Gasteiger partial charge is 0.305 e. The molecule has 1 aliphatic rings. The summed E-state index contributed by atoms with van der Waals surface area (Å²) in [5, 5.41) is 4.25. The number of unbranched alkanes of at least 4 members (excludes halogenated alkanes) is 3. The van der Waals surface area contributed by atoms with Crippen molar-refractivity contribution < 1.29 is 14.3 Å². The van der Waals surface area contributed by atoms with Crippen molar-refractivity contribution in [2.75, 3.05) is 7.11 Å². The summed E-state index contributed by atoms with van der Waals surface area (Å²) in [5.41, 5.74) is 3.81. The lowest BCUT2D eigenvalue weighted by molar-refractivity contribution is -0.140. The number of hydrogen-bond donors (Lipinski definition) is 1. The molecule has 5 heteroatoms. The van der Waals surface area contributed by atoms with Crippen molar-refractivity contribution in [2.24, 2.45) is 5.10 Å². The highest BCUT2D eigenvalue weighted by Crippen LogP contribution is 2.14. The molecule has 0 radical (unpaired) electrons. The SMILES string of the molecule is COC(=O)CCCCCCC(=O)NN=C1CCCCCC1. The lowest BCUT2D eigenvalue weighted by Gasteiger charge is -2.04. The van der Waals surface area contributed by atoms with E-state index in [1.165, 1.54) is 32.8 Å². The maximum Gasteiger partial charge on any atom is 0.305 e. The average Bonchev–Trinajstić information content (AvgIpc) is 2.77. The van der Waals surface area contributed by atoms with Crippen molar-refractivity contribution in [3.05, 3.63) is 0 Å². The molecule has 21 heavy (non-hydrogen) atoms. The highest BCUT2D eigenvalue weighted by Gasteiger charge is 2.07. The Morgan fingerprint density at radius 3 is 2.24 bits per heavy atom. The molecule has 0 aromatic carbocycles. The molecular formula is C16H28N2O3. The minimum absolute atomic E-state index is 0.000264. The Bertz CT molecular complexity index is 343. The second-order valence-electron chi connectivity index (χ2n) is 5.62. The second-order valence-corrected chi connectivity index (χ2v) is 5.62. The van der Waals surface area contributed by atoms with Crippen molar-refractivity contribution in [1.29, 1.82) is 0 Å². The van der Waals surface area contributed by atoms with Gasteiger partial charge in [-0.05, 0) is 38.5 Å². The van der Waals surface area contributed by atoms with Crippen LogP contribution in [0.3, 0.4) is 0 Å². The molecule has 0 aromatic heterocycles. The molecule has 0 aliphatic heterocycles. The van der Waals surface area contributed by atoms with Gasteiger partial charge in [0.1, 0.15) is 0 Å². The zero-order valence-electron chi connectivity index (χ0n) is 13.2. The van der Waals surface area contributed by atoms with Crippen LogP contribution in [0.2, 0.25) is 0 Å². The molecular weight excluding hydrogens is 268 g/mol. The summed E-state index contributed by atoms with van der Waals surface area (Å²) in [5.74, 6) is -0.160. The van der Waals surface area contributed by atoms with Crippen LogP contribution in [-0.4, -0.2) is 24.7 Å². The summed E-state index contributed by atoms with van der Waals surface area (Å²) < 4.78 is 4.58. The molecule has 1 aliphatic carbocycles. The monoisotopic (exact) mass is 296 g/mol. The lowest BCUT2D eigenvalue weighted by Crippen LogP contribution is -2.19. The van der Waals surface area contributed by atoms with Crippen LogP contribution >= 0.6 is 0 Å². The predicted molar refractivity (Wildman–Crippen MR) is 83.0 cm³/mol. The maximum absolute atomic E-state index is 11.7. The van der Waals surface area contributed by atoms with Gasteiger partial charge in [0.2, 0.25) is 5.91 Å². The summed E-state index contributed by atoms with van der Waals surface area (Å²) in [4.78, 5) is 22.6. The Hall–Kier alpha value is -1.39. The highest BCUT2D eigenvalue weighted by atomic mass is 16.5. The quantitative estimate of drug-likeness (QED) is 0.323. The number of methoxy groups -OCH3 is 1. The van der Waals surface area contributed by atoms with Gasteiger partial charge in [-0.15, -0.1) is 0 Å². The van der Waals surface area contributed by atoms with Crippen LogP contribution < -0.4 is 5.43 Å². The van der Waals surface area contributed by atoms with Crippen LogP contribution in [0.15, 0.2) is 5.10 Å². The standard InChI is InChI=1S/C16H28N2O3/c1-21-16(20)13-9-5-4-8-12-15(19)18-17-14-10-6-2-3-7-11-14/h2-13H2,1H3,(H,18,19). The van der Waals surface area contributed by atoms with E-state index in [-0.39, 0.29) is 11.9 Å². The van der Waals surface area contributed by atoms with Gasteiger partial charge in [0.05, 0.1) is 7.11 Å². The number of hydrazone groups is 1. The fourth-order valence-corrected chi connectivity index (χ4v) is 2.46. The number of esters is 1. The molecule has 0 saturated heterocycles. The third-order valence-electron chi connectivity index (χ3n) is 3.78. The first kappa shape index (κ1) is 17.7. The number of nitrogens with one attached hydrogen (secondary N) is 1. The minimum Gasteiger partial charge on any atom is -0.469 e. The van der Waals surface area contributed by atoms with Crippen molar-refractivity contribution in [1.82, 2.24) is 5.43 Å². The third-order valence-corrected chi connectivity index (χ3v) is 3.78. The number of rotatable bonds is 8. The fourth-order valence-electron chi connectivity index (χ4n) is 2.46. The first-order valence-corrected chi connectivity index (χ1v) is 8.13. The molecule has 0 unspecified atom stereocenters. The molecule has 1 saturated carbocycles. The Kier molecular flexibility index (Phi) is 9.49. The molecule has 1 rings (SSSR count). The van der Waals surface area contributed by atoms with Gasteiger partial charge in [-0.25, -0.2) is 5.43 Å². The molecule has 1 fully saturated rings. The van der Waals surface area contributed by atoms with E-state index in [9.17, 15) is 9.59 Å². The van der Waals surface area contributed by atoms with Gasteiger partial charge in [0.25, 0.3) is 0 Å². The predicted octanol–water partition coefficient (Wildman–Crippen LogP) is 3.33. The molecule has 0 spiro atoms. The average molecular weight is 296 g/mol. The van der Waals surface area contributed by atoms with Crippen LogP contribution in [-0.2, 0) is 14.3 Å². The second kappa shape index (κ2) is 11.3. The molecule has 0 aromatic rings. The fraction of sp³-hybridized carbons (Fsp3) is 0.812. The number of carbonyl (C=O) groups is 2. The summed E-state index contributed by atoms with van der Waals surface area (Å²) in [7, 11) is 1.41. The number of nitrogens with zero attached hydrogens (tertiary/aromatic N) is 1. The molecule has 0 atom stereocenters. The number of amides is 1. The van der Waals surface area contributed by atoms with Crippen LogP contribution in [0.25, 0.3) is 0 Å².